The summed E-state index contributed by atoms with van der Waals surface area (Å²) < 4.78 is 45.9. The molecule has 1 N–H and O–H groups in total. The third-order valence-electron chi connectivity index (χ3n) is 7.16. The van der Waals surface area contributed by atoms with Crippen LogP contribution < -0.4 is 0 Å². The third-order valence-corrected chi connectivity index (χ3v) is 8.38. The van der Waals surface area contributed by atoms with Gasteiger partial charge in [0.05, 0.1) is 22.5 Å². The first-order valence-electron chi connectivity index (χ1n) is 11.0. The normalized spacial score (nSPS) is 26.1. The highest BCUT2D eigenvalue weighted by atomic mass is 32.2. The zero-order valence-electron chi connectivity index (χ0n) is 18.4. The second-order valence-corrected chi connectivity index (χ2v) is 11.3. The van der Waals surface area contributed by atoms with Crippen molar-refractivity contribution in [2.24, 2.45) is 5.92 Å². The van der Waals surface area contributed by atoms with Gasteiger partial charge in [-0.25, -0.2) is 12.8 Å². The Hall–Kier alpha value is -2.25. The minimum absolute atomic E-state index is 0.0416. The molecule has 0 aliphatic heterocycles. The Bertz CT molecular complexity index is 1110. The number of benzene rings is 2. The van der Waals surface area contributed by atoms with E-state index in [2.05, 4.69) is 0 Å². The topological polar surface area (TPSA) is 80.7 Å². The lowest BCUT2D eigenvalue weighted by atomic mass is 9.63. The summed E-state index contributed by atoms with van der Waals surface area (Å²) in [7, 11) is -3.63. The average Bonchev–Trinajstić information content (AvgIpc) is 3.59. The molecule has 2 aliphatic carbocycles. The molecule has 2 aromatic carbocycles. The number of aliphatic carboxylic acids is 1. The molecule has 0 aromatic heterocycles. The fourth-order valence-electron chi connectivity index (χ4n) is 4.84. The van der Waals surface area contributed by atoms with Gasteiger partial charge in [-0.2, -0.15) is 0 Å². The number of ether oxygens (including phenoxy) is 1. The Kier molecular flexibility index (Phi) is 5.92. The average molecular weight is 461 g/mol. The number of carbonyl (C=O) groups is 1. The van der Waals surface area contributed by atoms with Crippen LogP contribution in [-0.4, -0.2) is 32.4 Å². The summed E-state index contributed by atoms with van der Waals surface area (Å²) >= 11 is 0. The van der Waals surface area contributed by atoms with Crippen molar-refractivity contribution in [2.75, 3.05) is 12.9 Å². The number of rotatable bonds is 7. The molecule has 7 heteroatoms. The molecule has 32 heavy (non-hydrogen) atoms. The van der Waals surface area contributed by atoms with Gasteiger partial charge in [0.1, 0.15) is 5.82 Å². The predicted molar refractivity (Wildman–Crippen MR) is 119 cm³/mol. The Morgan fingerprint density at radius 2 is 1.72 bits per heavy atom. The molecular formula is C25H29FO5S. The molecule has 0 unspecified atom stereocenters. The SMILES string of the molecule is Cc1c(F)cc([C@]2(OCC3CC3)CC[C@](C(=O)O)(c3ccccc3)CC2)cc1S(C)(=O)=O. The Morgan fingerprint density at radius 3 is 2.25 bits per heavy atom. The van der Waals surface area contributed by atoms with E-state index in [9.17, 15) is 22.7 Å². The summed E-state index contributed by atoms with van der Waals surface area (Å²) in [5.74, 6) is -1.02. The fourth-order valence-corrected chi connectivity index (χ4v) is 5.84. The van der Waals surface area contributed by atoms with E-state index in [1.807, 2.05) is 30.3 Å². The number of hydrogen-bond acceptors (Lipinski definition) is 4. The van der Waals surface area contributed by atoms with Crippen molar-refractivity contribution in [1.29, 1.82) is 0 Å². The second-order valence-electron chi connectivity index (χ2n) is 9.36. The molecule has 2 saturated carbocycles. The number of sulfone groups is 1. The summed E-state index contributed by atoms with van der Waals surface area (Å²) in [6.07, 6.45) is 4.61. The van der Waals surface area contributed by atoms with Gasteiger partial charge in [-0.1, -0.05) is 30.3 Å². The number of hydrogen-bond donors (Lipinski definition) is 1. The summed E-state index contributed by atoms with van der Waals surface area (Å²) in [5.41, 5.74) is -0.640. The van der Waals surface area contributed by atoms with E-state index in [1.165, 1.54) is 19.1 Å². The van der Waals surface area contributed by atoms with Crippen LogP contribution in [0.2, 0.25) is 0 Å². The molecule has 4 rings (SSSR count). The monoisotopic (exact) mass is 460 g/mol. The number of carboxylic acid groups (broad SMARTS) is 1. The standard InChI is InChI=1S/C25H29FO5S/c1-17-21(26)14-20(15-22(17)32(2,29)30)25(31-16-18-8-9-18)12-10-24(11-13-25,23(27)28)19-6-4-3-5-7-19/h3-7,14-15,18H,8-13,16H2,1-2H3,(H,27,28)/t24-,25+. The van der Waals surface area contributed by atoms with Crippen molar-refractivity contribution >= 4 is 15.8 Å². The number of carboxylic acids is 1. The highest BCUT2D eigenvalue weighted by molar-refractivity contribution is 7.90. The summed E-state index contributed by atoms with van der Waals surface area (Å²) in [4.78, 5) is 12.4. The minimum atomic E-state index is -3.63. The van der Waals surface area contributed by atoms with Gasteiger partial charge in [0.2, 0.25) is 0 Å². The first kappa shape index (κ1) is 22.9. The fraction of sp³-hybridized carbons (Fsp3) is 0.480. The van der Waals surface area contributed by atoms with Crippen molar-refractivity contribution < 1.29 is 27.4 Å². The molecule has 172 valence electrons. The molecule has 0 radical (unpaired) electrons. The van der Waals surface area contributed by atoms with Gasteiger partial charge in [-0.15, -0.1) is 0 Å². The van der Waals surface area contributed by atoms with Gasteiger partial charge in [0.25, 0.3) is 0 Å². The molecular weight excluding hydrogens is 431 g/mol. The van der Waals surface area contributed by atoms with Gasteiger partial charge < -0.3 is 9.84 Å². The molecule has 0 amide bonds. The minimum Gasteiger partial charge on any atom is -0.481 e. The molecule has 0 bridgehead atoms. The molecule has 2 aromatic rings. The van der Waals surface area contributed by atoms with E-state index in [4.69, 9.17) is 4.74 Å². The van der Waals surface area contributed by atoms with Crippen molar-refractivity contribution in [1.82, 2.24) is 0 Å². The molecule has 0 saturated heterocycles. The lowest BCUT2D eigenvalue weighted by molar-refractivity contribution is -0.151. The van der Waals surface area contributed by atoms with Crippen LogP contribution in [0.1, 0.15) is 55.2 Å². The predicted octanol–water partition coefficient (Wildman–Crippen LogP) is 4.76. The van der Waals surface area contributed by atoms with Gasteiger partial charge in [0, 0.05) is 11.8 Å². The van der Waals surface area contributed by atoms with Crippen molar-refractivity contribution in [3.63, 3.8) is 0 Å². The maximum absolute atomic E-state index is 14.8. The van der Waals surface area contributed by atoms with E-state index in [1.54, 1.807) is 0 Å². The lowest BCUT2D eigenvalue weighted by Gasteiger charge is -2.45. The number of halogens is 1. The third kappa shape index (κ3) is 4.20. The van der Waals surface area contributed by atoms with Crippen LogP contribution in [0.15, 0.2) is 47.4 Å². The van der Waals surface area contributed by atoms with Crippen molar-refractivity contribution in [3.05, 3.63) is 65.0 Å². The van der Waals surface area contributed by atoms with Gasteiger partial charge in [-0.3, -0.25) is 4.79 Å². The van der Waals surface area contributed by atoms with Gasteiger partial charge in [0.15, 0.2) is 9.84 Å². The van der Waals surface area contributed by atoms with E-state index < -0.39 is 32.6 Å². The zero-order valence-corrected chi connectivity index (χ0v) is 19.3. The Morgan fingerprint density at radius 1 is 1.09 bits per heavy atom. The van der Waals surface area contributed by atoms with Crippen LogP contribution in [0, 0.1) is 18.7 Å². The maximum Gasteiger partial charge on any atom is 0.314 e. The van der Waals surface area contributed by atoms with Crippen molar-refractivity contribution in [2.45, 2.75) is 61.4 Å². The molecule has 2 aliphatic rings. The largest absolute Gasteiger partial charge is 0.481 e. The molecule has 0 atom stereocenters. The molecule has 0 heterocycles. The maximum atomic E-state index is 14.8. The van der Waals surface area contributed by atoms with Crippen LogP contribution in [0.5, 0.6) is 0 Å². The highest BCUT2D eigenvalue weighted by Gasteiger charge is 2.50. The summed E-state index contributed by atoms with van der Waals surface area (Å²) in [6, 6.07) is 12.1. The molecule has 0 spiro atoms. The van der Waals surface area contributed by atoms with Gasteiger partial charge in [-0.05, 0) is 74.6 Å². The van der Waals surface area contributed by atoms with Crippen LogP contribution in [0.3, 0.4) is 0 Å². The van der Waals surface area contributed by atoms with Crippen LogP contribution in [0.4, 0.5) is 4.39 Å². The Labute approximate surface area is 188 Å². The zero-order chi connectivity index (χ0) is 23.1. The van der Waals surface area contributed by atoms with E-state index in [0.29, 0.717) is 43.8 Å². The first-order valence-corrected chi connectivity index (χ1v) is 12.9. The first-order chi connectivity index (χ1) is 15.1. The quantitative estimate of drug-likeness (QED) is 0.645. The van der Waals surface area contributed by atoms with E-state index in [0.717, 1.165) is 24.7 Å². The van der Waals surface area contributed by atoms with Crippen molar-refractivity contribution in [3.8, 4) is 0 Å². The van der Waals surface area contributed by atoms with E-state index >= 15 is 0 Å². The van der Waals surface area contributed by atoms with Crippen LogP contribution in [0.25, 0.3) is 0 Å². The Balaban J connectivity index is 1.75. The smallest absolute Gasteiger partial charge is 0.314 e. The van der Waals surface area contributed by atoms with E-state index in [-0.39, 0.29) is 10.5 Å². The van der Waals surface area contributed by atoms with Crippen LogP contribution in [-0.2, 0) is 30.4 Å². The molecule has 2 fully saturated rings. The second kappa shape index (κ2) is 8.27. The highest BCUT2D eigenvalue weighted by Crippen LogP contribution is 2.50. The lowest BCUT2D eigenvalue weighted by Crippen LogP contribution is -2.46. The molecule has 5 nitrogen and oxygen atoms in total. The summed E-state index contributed by atoms with van der Waals surface area (Å²) in [5, 5.41) is 10.2. The van der Waals surface area contributed by atoms with Gasteiger partial charge >= 0.3 is 5.97 Å². The van der Waals surface area contributed by atoms with Crippen LogP contribution >= 0.6 is 0 Å². The summed E-state index contributed by atoms with van der Waals surface area (Å²) in [6.45, 7) is 1.97.